The highest BCUT2D eigenvalue weighted by Crippen LogP contribution is 2.37. The maximum Gasteiger partial charge on any atom is 0.0587 e. The number of hydrogen-bond acceptors (Lipinski definition) is 2. The highest BCUT2D eigenvalue weighted by atomic mass is 16.5. The van der Waals surface area contributed by atoms with Gasteiger partial charge in [0.25, 0.3) is 0 Å². The van der Waals surface area contributed by atoms with E-state index in [1.165, 1.54) is 25.8 Å². The quantitative estimate of drug-likeness (QED) is 0.704. The average Bonchev–Trinajstić information content (AvgIpc) is 2.24. The van der Waals surface area contributed by atoms with E-state index in [1.807, 2.05) is 0 Å². The normalized spacial score (nSPS) is 30.9. The fourth-order valence-electron chi connectivity index (χ4n) is 3.10. The third-order valence-electron chi connectivity index (χ3n) is 4.05. The number of methoxy groups -OCH3 is 1. The first-order valence-electron chi connectivity index (χ1n) is 6.84. The van der Waals surface area contributed by atoms with Crippen molar-refractivity contribution < 1.29 is 4.74 Å². The third kappa shape index (κ3) is 4.42. The molecular formula is C14H29NO. The van der Waals surface area contributed by atoms with Crippen molar-refractivity contribution in [2.24, 2.45) is 23.7 Å². The molecule has 1 N–H and O–H groups in total. The van der Waals surface area contributed by atoms with Crippen molar-refractivity contribution in [3.05, 3.63) is 0 Å². The van der Waals surface area contributed by atoms with Gasteiger partial charge in [-0.3, -0.25) is 0 Å². The molecule has 3 atom stereocenters. The Morgan fingerprint density at radius 3 is 2.69 bits per heavy atom. The standard InChI is InChI=1S/C14H29NO/c1-11(2)14-6-5-12(3)9-13(14)10-15-7-8-16-4/h11-15H,5-10H2,1-4H3. The SMILES string of the molecule is COCCNCC1CC(C)CCC1C(C)C. The smallest absolute Gasteiger partial charge is 0.0587 e. The Balaban J connectivity index is 2.33. The van der Waals surface area contributed by atoms with Gasteiger partial charge in [0.2, 0.25) is 0 Å². The summed E-state index contributed by atoms with van der Waals surface area (Å²) in [6, 6.07) is 0. The third-order valence-corrected chi connectivity index (χ3v) is 4.05. The minimum absolute atomic E-state index is 0.828. The lowest BCUT2D eigenvalue weighted by molar-refractivity contribution is 0.137. The monoisotopic (exact) mass is 227 g/mol. The van der Waals surface area contributed by atoms with Gasteiger partial charge < -0.3 is 10.1 Å². The Bertz CT molecular complexity index is 182. The Kier molecular flexibility index (Phi) is 6.37. The zero-order valence-corrected chi connectivity index (χ0v) is 11.5. The molecule has 0 radical (unpaired) electrons. The van der Waals surface area contributed by atoms with Gasteiger partial charge in [0.15, 0.2) is 0 Å². The molecule has 0 saturated heterocycles. The van der Waals surface area contributed by atoms with Crippen molar-refractivity contribution in [3.8, 4) is 0 Å². The molecule has 0 spiro atoms. The van der Waals surface area contributed by atoms with Crippen LogP contribution < -0.4 is 5.32 Å². The van der Waals surface area contributed by atoms with Crippen LogP contribution in [-0.2, 0) is 4.74 Å². The molecule has 1 fully saturated rings. The van der Waals surface area contributed by atoms with Gasteiger partial charge in [-0.05, 0) is 43.1 Å². The van der Waals surface area contributed by atoms with E-state index in [0.717, 1.165) is 36.8 Å². The van der Waals surface area contributed by atoms with E-state index in [0.29, 0.717) is 0 Å². The first kappa shape index (κ1) is 14.0. The lowest BCUT2D eigenvalue weighted by atomic mass is 9.70. The van der Waals surface area contributed by atoms with Crippen molar-refractivity contribution in [3.63, 3.8) is 0 Å². The first-order valence-corrected chi connectivity index (χ1v) is 6.84. The number of nitrogens with one attached hydrogen (secondary N) is 1. The second-order valence-electron chi connectivity index (χ2n) is 5.78. The summed E-state index contributed by atoms with van der Waals surface area (Å²) >= 11 is 0. The van der Waals surface area contributed by atoms with E-state index in [1.54, 1.807) is 7.11 Å². The predicted molar refractivity (Wildman–Crippen MR) is 69.6 cm³/mol. The van der Waals surface area contributed by atoms with Crippen LogP contribution in [0.25, 0.3) is 0 Å². The summed E-state index contributed by atoms with van der Waals surface area (Å²) in [6.07, 6.45) is 4.26. The fraction of sp³-hybridized carbons (Fsp3) is 1.00. The minimum atomic E-state index is 0.828. The van der Waals surface area contributed by atoms with Crippen LogP contribution in [0.4, 0.5) is 0 Å². The minimum Gasteiger partial charge on any atom is -0.383 e. The van der Waals surface area contributed by atoms with Gasteiger partial charge in [0.05, 0.1) is 6.61 Å². The van der Waals surface area contributed by atoms with Gasteiger partial charge in [-0.2, -0.15) is 0 Å². The summed E-state index contributed by atoms with van der Waals surface area (Å²) < 4.78 is 5.06. The molecule has 16 heavy (non-hydrogen) atoms. The molecular weight excluding hydrogens is 198 g/mol. The number of ether oxygens (including phenoxy) is 1. The van der Waals surface area contributed by atoms with Crippen LogP contribution in [0.5, 0.6) is 0 Å². The zero-order valence-electron chi connectivity index (χ0n) is 11.5. The molecule has 0 aromatic heterocycles. The predicted octanol–water partition coefficient (Wildman–Crippen LogP) is 2.93. The van der Waals surface area contributed by atoms with Crippen molar-refractivity contribution in [2.75, 3.05) is 26.8 Å². The second-order valence-corrected chi connectivity index (χ2v) is 5.78. The van der Waals surface area contributed by atoms with E-state index in [9.17, 15) is 0 Å². The van der Waals surface area contributed by atoms with E-state index >= 15 is 0 Å². The summed E-state index contributed by atoms with van der Waals surface area (Å²) in [5, 5.41) is 3.54. The second kappa shape index (κ2) is 7.29. The van der Waals surface area contributed by atoms with Crippen molar-refractivity contribution in [1.82, 2.24) is 5.32 Å². The van der Waals surface area contributed by atoms with Gasteiger partial charge in [-0.15, -0.1) is 0 Å². The molecule has 0 heterocycles. The van der Waals surface area contributed by atoms with Crippen LogP contribution in [-0.4, -0.2) is 26.8 Å². The lowest BCUT2D eigenvalue weighted by Gasteiger charge is -2.37. The van der Waals surface area contributed by atoms with Crippen LogP contribution in [0.1, 0.15) is 40.0 Å². The number of rotatable bonds is 6. The van der Waals surface area contributed by atoms with E-state index < -0.39 is 0 Å². The molecule has 0 amide bonds. The summed E-state index contributed by atoms with van der Waals surface area (Å²) in [5.41, 5.74) is 0. The fourth-order valence-corrected chi connectivity index (χ4v) is 3.10. The first-order chi connectivity index (χ1) is 7.65. The van der Waals surface area contributed by atoms with Crippen LogP contribution in [0.2, 0.25) is 0 Å². The molecule has 2 nitrogen and oxygen atoms in total. The lowest BCUT2D eigenvalue weighted by Crippen LogP contribution is -2.36. The van der Waals surface area contributed by atoms with Gasteiger partial charge in [-0.1, -0.05) is 27.2 Å². The Morgan fingerprint density at radius 1 is 1.31 bits per heavy atom. The molecule has 0 aliphatic heterocycles. The van der Waals surface area contributed by atoms with Crippen molar-refractivity contribution in [1.29, 1.82) is 0 Å². The largest absolute Gasteiger partial charge is 0.383 e. The molecule has 1 aliphatic rings. The molecule has 96 valence electrons. The molecule has 1 saturated carbocycles. The maximum absolute atomic E-state index is 5.06. The topological polar surface area (TPSA) is 21.3 Å². The Labute approximate surface area is 101 Å². The van der Waals surface area contributed by atoms with Crippen LogP contribution in [0.3, 0.4) is 0 Å². The van der Waals surface area contributed by atoms with Crippen molar-refractivity contribution in [2.45, 2.75) is 40.0 Å². The molecule has 0 bridgehead atoms. The molecule has 1 aliphatic carbocycles. The molecule has 0 aromatic carbocycles. The summed E-state index contributed by atoms with van der Waals surface area (Å²) in [5.74, 6) is 3.55. The van der Waals surface area contributed by atoms with E-state index in [2.05, 4.69) is 26.1 Å². The summed E-state index contributed by atoms with van der Waals surface area (Å²) in [4.78, 5) is 0. The number of hydrogen-bond donors (Lipinski definition) is 1. The summed E-state index contributed by atoms with van der Waals surface area (Å²) in [7, 11) is 1.77. The maximum atomic E-state index is 5.06. The van der Waals surface area contributed by atoms with Crippen LogP contribution in [0, 0.1) is 23.7 Å². The van der Waals surface area contributed by atoms with Gasteiger partial charge >= 0.3 is 0 Å². The Morgan fingerprint density at radius 2 is 2.06 bits per heavy atom. The highest BCUT2D eigenvalue weighted by molar-refractivity contribution is 4.81. The molecule has 2 heteroatoms. The van der Waals surface area contributed by atoms with E-state index in [4.69, 9.17) is 4.74 Å². The molecule has 0 aromatic rings. The van der Waals surface area contributed by atoms with E-state index in [-0.39, 0.29) is 0 Å². The zero-order chi connectivity index (χ0) is 12.0. The Hall–Kier alpha value is -0.0800. The molecule has 1 rings (SSSR count). The van der Waals surface area contributed by atoms with Gasteiger partial charge in [0, 0.05) is 13.7 Å². The highest BCUT2D eigenvalue weighted by Gasteiger charge is 2.29. The molecule has 3 unspecified atom stereocenters. The van der Waals surface area contributed by atoms with Crippen LogP contribution >= 0.6 is 0 Å². The van der Waals surface area contributed by atoms with Crippen molar-refractivity contribution >= 4 is 0 Å². The van der Waals surface area contributed by atoms with Gasteiger partial charge in [0.1, 0.15) is 0 Å². The van der Waals surface area contributed by atoms with Crippen LogP contribution in [0.15, 0.2) is 0 Å². The average molecular weight is 227 g/mol. The summed E-state index contributed by atoms with van der Waals surface area (Å²) in [6.45, 7) is 10.2. The van der Waals surface area contributed by atoms with Gasteiger partial charge in [-0.25, -0.2) is 0 Å².